The highest BCUT2D eigenvalue weighted by molar-refractivity contribution is 5.87. The molecular weight excluding hydrogens is 230 g/mol. The molecular formula is C14H17NO3. The molecule has 0 heterocycles. The first-order valence-electron chi connectivity index (χ1n) is 5.78. The minimum atomic E-state index is -0.794. The molecule has 0 unspecified atom stereocenters. The number of hydrogen-bond acceptors (Lipinski definition) is 3. The molecule has 4 heteroatoms. The molecule has 0 aromatic heterocycles. The first-order valence-corrected chi connectivity index (χ1v) is 5.78. The molecule has 0 saturated carbocycles. The smallest absolute Gasteiger partial charge is 0.331 e. The fourth-order valence-electron chi connectivity index (χ4n) is 1.33. The number of benzene rings is 1. The van der Waals surface area contributed by atoms with Gasteiger partial charge in [-0.25, -0.2) is 4.79 Å². The Morgan fingerprint density at radius 2 is 2.00 bits per heavy atom. The monoisotopic (exact) mass is 247 g/mol. The van der Waals surface area contributed by atoms with Gasteiger partial charge in [0.15, 0.2) is 6.10 Å². The lowest BCUT2D eigenvalue weighted by molar-refractivity contribution is -0.150. The first-order chi connectivity index (χ1) is 8.63. The van der Waals surface area contributed by atoms with Crippen molar-refractivity contribution in [1.82, 2.24) is 5.32 Å². The number of allylic oxidation sites excluding steroid dienone is 1. The van der Waals surface area contributed by atoms with E-state index in [1.165, 1.54) is 6.08 Å². The molecule has 18 heavy (non-hydrogen) atoms. The molecule has 1 amide bonds. The molecule has 1 N–H and O–H groups in total. The Morgan fingerprint density at radius 1 is 1.33 bits per heavy atom. The summed E-state index contributed by atoms with van der Waals surface area (Å²) in [6.45, 7) is 3.67. The van der Waals surface area contributed by atoms with Crippen LogP contribution in [0.2, 0.25) is 0 Å². The van der Waals surface area contributed by atoms with Crippen molar-refractivity contribution in [2.45, 2.75) is 26.5 Å². The molecule has 0 aliphatic rings. The standard InChI is InChI=1S/C14H17NO3/c1-3-7-13(16)18-11(2)14(17)15-10-12-8-5-4-6-9-12/h3-9,11H,10H2,1-2H3,(H,15,17)/b7-3+/t11-/m0/s1. The molecule has 1 atom stereocenters. The van der Waals surface area contributed by atoms with Crippen molar-refractivity contribution in [3.63, 3.8) is 0 Å². The maximum atomic E-state index is 11.6. The van der Waals surface area contributed by atoms with Crippen molar-refractivity contribution >= 4 is 11.9 Å². The molecule has 0 radical (unpaired) electrons. The molecule has 1 aromatic carbocycles. The number of hydrogen-bond donors (Lipinski definition) is 1. The third-order valence-corrected chi connectivity index (χ3v) is 2.27. The Bertz CT molecular complexity index is 426. The van der Waals surface area contributed by atoms with Crippen LogP contribution in [0.25, 0.3) is 0 Å². The zero-order chi connectivity index (χ0) is 13.4. The second-order valence-electron chi connectivity index (χ2n) is 3.78. The maximum Gasteiger partial charge on any atom is 0.331 e. The van der Waals surface area contributed by atoms with Gasteiger partial charge in [-0.3, -0.25) is 4.79 Å². The number of carbonyl (C=O) groups is 2. The second-order valence-corrected chi connectivity index (χ2v) is 3.78. The van der Waals surface area contributed by atoms with Gasteiger partial charge in [0.1, 0.15) is 0 Å². The number of amides is 1. The van der Waals surface area contributed by atoms with Crippen LogP contribution in [-0.4, -0.2) is 18.0 Å². The molecule has 0 saturated heterocycles. The molecule has 1 aromatic rings. The Hall–Kier alpha value is -2.10. The summed E-state index contributed by atoms with van der Waals surface area (Å²) in [7, 11) is 0. The van der Waals surface area contributed by atoms with Crippen LogP contribution >= 0.6 is 0 Å². The van der Waals surface area contributed by atoms with E-state index in [-0.39, 0.29) is 5.91 Å². The van der Waals surface area contributed by atoms with Crippen LogP contribution in [0.15, 0.2) is 42.5 Å². The van der Waals surface area contributed by atoms with Crippen LogP contribution in [0.5, 0.6) is 0 Å². The lowest BCUT2D eigenvalue weighted by Gasteiger charge is -2.12. The lowest BCUT2D eigenvalue weighted by atomic mass is 10.2. The van der Waals surface area contributed by atoms with Gasteiger partial charge in [0.2, 0.25) is 0 Å². The van der Waals surface area contributed by atoms with Crippen LogP contribution in [0.4, 0.5) is 0 Å². The Kier molecular flexibility index (Phi) is 5.64. The SMILES string of the molecule is C/C=C/C(=O)O[C@@H](C)C(=O)NCc1ccccc1. The fourth-order valence-corrected chi connectivity index (χ4v) is 1.33. The molecule has 1 rings (SSSR count). The molecule has 96 valence electrons. The fraction of sp³-hybridized carbons (Fsp3) is 0.286. The van der Waals surface area contributed by atoms with Crippen molar-refractivity contribution in [2.24, 2.45) is 0 Å². The highest BCUT2D eigenvalue weighted by Crippen LogP contribution is 1.99. The second kappa shape index (κ2) is 7.27. The van der Waals surface area contributed by atoms with Gasteiger partial charge in [-0.05, 0) is 19.4 Å². The summed E-state index contributed by atoms with van der Waals surface area (Å²) in [5.41, 5.74) is 0.998. The normalized spacial score (nSPS) is 12.1. The van der Waals surface area contributed by atoms with Crippen molar-refractivity contribution in [1.29, 1.82) is 0 Å². The third kappa shape index (κ3) is 4.82. The molecule has 4 nitrogen and oxygen atoms in total. The number of nitrogens with one attached hydrogen (secondary N) is 1. The molecule has 0 bridgehead atoms. The zero-order valence-corrected chi connectivity index (χ0v) is 10.6. The average Bonchev–Trinajstić information content (AvgIpc) is 2.37. The van der Waals surface area contributed by atoms with Gasteiger partial charge in [0.05, 0.1) is 0 Å². The molecule has 0 aliphatic carbocycles. The van der Waals surface area contributed by atoms with E-state index in [4.69, 9.17) is 4.74 Å². The summed E-state index contributed by atoms with van der Waals surface area (Å²) in [6.07, 6.45) is 2.05. The van der Waals surface area contributed by atoms with Crippen LogP contribution in [0.1, 0.15) is 19.4 Å². The summed E-state index contributed by atoms with van der Waals surface area (Å²) < 4.78 is 4.90. The summed E-state index contributed by atoms with van der Waals surface area (Å²) >= 11 is 0. The van der Waals surface area contributed by atoms with E-state index in [9.17, 15) is 9.59 Å². The number of ether oxygens (including phenoxy) is 1. The summed E-state index contributed by atoms with van der Waals surface area (Å²) in [5, 5.41) is 2.71. The highest BCUT2D eigenvalue weighted by atomic mass is 16.5. The molecule has 0 spiro atoms. The average molecular weight is 247 g/mol. The summed E-state index contributed by atoms with van der Waals surface area (Å²) in [6, 6.07) is 9.54. The van der Waals surface area contributed by atoms with E-state index in [2.05, 4.69) is 5.32 Å². The Morgan fingerprint density at radius 3 is 2.61 bits per heavy atom. The quantitative estimate of drug-likeness (QED) is 0.637. The van der Waals surface area contributed by atoms with Crippen LogP contribution in [0, 0.1) is 0 Å². The Labute approximate surface area is 107 Å². The summed E-state index contributed by atoms with van der Waals surface area (Å²) in [4.78, 5) is 22.8. The van der Waals surface area contributed by atoms with E-state index in [1.54, 1.807) is 19.9 Å². The van der Waals surface area contributed by atoms with Gasteiger partial charge in [0, 0.05) is 12.6 Å². The summed E-state index contributed by atoms with van der Waals surface area (Å²) in [5.74, 6) is -0.823. The van der Waals surface area contributed by atoms with E-state index in [1.807, 2.05) is 30.3 Å². The van der Waals surface area contributed by atoms with Crippen LogP contribution in [0.3, 0.4) is 0 Å². The predicted molar refractivity (Wildman–Crippen MR) is 68.7 cm³/mol. The molecule has 0 fully saturated rings. The number of rotatable bonds is 5. The lowest BCUT2D eigenvalue weighted by Crippen LogP contribution is -2.35. The van der Waals surface area contributed by atoms with Crippen molar-refractivity contribution < 1.29 is 14.3 Å². The van der Waals surface area contributed by atoms with E-state index >= 15 is 0 Å². The van der Waals surface area contributed by atoms with Gasteiger partial charge in [-0.1, -0.05) is 36.4 Å². The van der Waals surface area contributed by atoms with Crippen LogP contribution in [-0.2, 0) is 20.9 Å². The van der Waals surface area contributed by atoms with E-state index in [0.29, 0.717) is 6.54 Å². The maximum absolute atomic E-state index is 11.6. The third-order valence-electron chi connectivity index (χ3n) is 2.27. The van der Waals surface area contributed by atoms with Gasteiger partial charge in [0.25, 0.3) is 5.91 Å². The molecule has 0 aliphatic heterocycles. The number of carbonyl (C=O) groups excluding carboxylic acids is 2. The predicted octanol–water partition coefficient (Wildman–Crippen LogP) is 1.81. The van der Waals surface area contributed by atoms with Crippen molar-refractivity contribution in [2.75, 3.05) is 0 Å². The Balaban J connectivity index is 2.39. The van der Waals surface area contributed by atoms with Gasteiger partial charge >= 0.3 is 5.97 Å². The zero-order valence-electron chi connectivity index (χ0n) is 10.6. The van der Waals surface area contributed by atoms with Crippen molar-refractivity contribution in [3.05, 3.63) is 48.0 Å². The van der Waals surface area contributed by atoms with Crippen molar-refractivity contribution in [3.8, 4) is 0 Å². The topological polar surface area (TPSA) is 55.4 Å². The number of esters is 1. The first kappa shape index (κ1) is 14.0. The highest BCUT2D eigenvalue weighted by Gasteiger charge is 2.15. The van der Waals surface area contributed by atoms with Gasteiger partial charge in [-0.2, -0.15) is 0 Å². The van der Waals surface area contributed by atoms with Gasteiger partial charge < -0.3 is 10.1 Å². The minimum Gasteiger partial charge on any atom is -0.449 e. The minimum absolute atomic E-state index is 0.309. The van der Waals surface area contributed by atoms with E-state index < -0.39 is 12.1 Å². The van der Waals surface area contributed by atoms with Gasteiger partial charge in [-0.15, -0.1) is 0 Å². The van der Waals surface area contributed by atoms with Crippen LogP contribution < -0.4 is 5.32 Å². The van der Waals surface area contributed by atoms with E-state index in [0.717, 1.165) is 5.56 Å². The largest absolute Gasteiger partial charge is 0.449 e.